The van der Waals surface area contributed by atoms with Crippen molar-refractivity contribution < 1.29 is 4.74 Å². The Kier molecular flexibility index (Phi) is 4.83. The Morgan fingerprint density at radius 2 is 1.83 bits per heavy atom. The first kappa shape index (κ1) is 14.6. The molecule has 1 N–H and O–H groups in total. The summed E-state index contributed by atoms with van der Waals surface area (Å²) < 4.78 is 5.79. The Morgan fingerprint density at radius 1 is 1.28 bits per heavy atom. The van der Waals surface area contributed by atoms with E-state index < -0.39 is 0 Å². The zero-order valence-electron chi connectivity index (χ0n) is 12.2. The van der Waals surface area contributed by atoms with Crippen LogP contribution in [0, 0.1) is 0 Å². The summed E-state index contributed by atoms with van der Waals surface area (Å²) in [7, 11) is 0. The first-order chi connectivity index (χ1) is 8.31. The highest BCUT2D eigenvalue weighted by Crippen LogP contribution is 2.21. The summed E-state index contributed by atoms with van der Waals surface area (Å²) in [6, 6.07) is 8.43. The van der Waals surface area contributed by atoms with E-state index in [2.05, 4.69) is 25.7 Å². The Morgan fingerprint density at radius 3 is 2.22 bits per heavy atom. The number of ether oxygens (including phenoxy) is 1. The monoisotopic (exact) mass is 247 g/mol. The van der Waals surface area contributed by atoms with Crippen LogP contribution in [0.4, 0.5) is 5.69 Å². The van der Waals surface area contributed by atoms with Crippen molar-refractivity contribution >= 4 is 5.69 Å². The van der Waals surface area contributed by atoms with Gasteiger partial charge in [-0.15, -0.1) is 0 Å². The van der Waals surface area contributed by atoms with Crippen LogP contribution in [0.3, 0.4) is 0 Å². The van der Waals surface area contributed by atoms with Crippen LogP contribution in [-0.4, -0.2) is 11.6 Å². The van der Waals surface area contributed by atoms with Crippen LogP contribution in [-0.2, 0) is 0 Å². The highest BCUT2D eigenvalue weighted by atomic mass is 16.5. The fourth-order valence-corrected chi connectivity index (χ4v) is 1.75. The second-order valence-electron chi connectivity index (χ2n) is 5.69. The van der Waals surface area contributed by atoms with E-state index in [0.717, 1.165) is 23.4 Å². The minimum Gasteiger partial charge on any atom is -0.488 e. The molecule has 0 fully saturated rings. The Labute approximate surface area is 111 Å². The summed E-state index contributed by atoms with van der Waals surface area (Å²) in [4.78, 5) is 0. The Balaban J connectivity index is 2.68. The predicted octanol–water partition coefficient (Wildman–Crippen LogP) is 4.63. The summed E-state index contributed by atoms with van der Waals surface area (Å²) in [5.74, 6) is 0.899. The average Bonchev–Trinajstić information content (AvgIpc) is 2.25. The van der Waals surface area contributed by atoms with Crippen molar-refractivity contribution in [3.63, 3.8) is 0 Å². The number of benzene rings is 1. The van der Waals surface area contributed by atoms with Gasteiger partial charge in [0.1, 0.15) is 11.4 Å². The third-order valence-corrected chi connectivity index (χ3v) is 2.62. The molecule has 18 heavy (non-hydrogen) atoms. The number of nitrogens with one attached hydrogen (secondary N) is 1. The van der Waals surface area contributed by atoms with Crippen LogP contribution >= 0.6 is 0 Å². The number of hydrogen-bond donors (Lipinski definition) is 1. The van der Waals surface area contributed by atoms with Gasteiger partial charge in [-0.1, -0.05) is 19.1 Å². The summed E-state index contributed by atoms with van der Waals surface area (Å²) in [5, 5.41) is 3.46. The van der Waals surface area contributed by atoms with Gasteiger partial charge in [0.15, 0.2) is 0 Å². The van der Waals surface area contributed by atoms with Gasteiger partial charge in [-0.2, -0.15) is 0 Å². The van der Waals surface area contributed by atoms with E-state index in [1.54, 1.807) is 0 Å². The molecular formula is C16H25NO. The molecule has 100 valence electrons. The van der Waals surface area contributed by atoms with Crippen molar-refractivity contribution in [2.24, 2.45) is 0 Å². The number of hydrogen-bond acceptors (Lipinski definition) is 2. The standard InChI is InChI=1S/C16H25NO/c1-7-15(12(2)3)17-13-8-10-14(11-9-13)18-16(4,5)6/h8-11,15,17H,2,7H2,1,3-6H3. The van der Waals surface area contributed by atoms with Crippen LogP contribution in [0.25, 0.3) is 0 Å². The smallest absolute Gasteiger partial charge is 0.120 e. The van der Waals surface area contributed by atoms with Crippen molar-refractivity contribution in [1.82, 2.24) is 0 Å². The highest BCUT2D eigenvalue weighted by Gasteiger charge is 2.11. The molecule has 1 aromatic rings. The van der Waals surface area contributed by atoms with Crippen LogP contribution in [0.1, 0.15) is 41.0 Å². The van der Waals surface area contributed by atoms with E-state index in [4.69, 9.17) is 4.74 Å². The molecule has 0 spiro atoms. The lowest BCUT2D eigenvalue weighted by molar-refractivity contribution is 0.131. The van der Waals surface area contributed by atoms with E-state index in [-0.39, 0.29) is 5.60 Å². The zero-order valence-corrected chi connectivity index (χ0v) is 12.2. The highest BCUT2D eigenvalue weighted by molar-refractivity contribution is 5.48. The van der Waals surface area contributed by atoms with Gasteiger partial charge in [0.05, 0.1) is 0 Å². The van der Waals surface area contributed by atoms with E-state index in [9.17, 15) is 0 Å². The molecule has 0 aromatic heterocycles. The molecule has 0 saturated heterocycles. The summed E-state index contributed by atoms with van der Waals surface area (Å²) in [5.41, 5.74) is 2.11. The molecule has 0 bridgehead atoms. The van der Waals surface area contributed by atoms with Crippen molar-refractivity contribution in [3.05, 3.63) is 36.4 Å². The van der Waals surface area contributed by atoms with E-state index in [1.807, 2.05) is 45.0 Å². The molecule has 1 aromatic carbocycles. The molecule has 1 unspecified atom stereocenters. The van der Waals surface area contributed by atoms with Crippen LogP contribution in [0.15, 0.2) is 36.4 Å². The van der Waals surface area contributed by atoms with Crippen LogP contribution in [0.2, 0.25) is 0 Å². The molecule has 0 amide bonds. The molecule has 0 heterocycles. The normalized spacial score (nSPS) is 12.9. The van der Waals surface area contributed by atoms with Crippen molar-refractivity contribution in [3.8, 4) is 5.75 Å². The van der Waals surface area contributed by atoms with Crippen molar-refractivity contribution in [2.75, 3.05) is 5.32 Å². The molecule has 0 aliphatic carbocycles. The zero-order chi connectivity index (χ0) is 13.8. The first-order valence-corrected chi connectivity index (χ1v) is 6.53. The Hall–Kier alpha value is -1.44. The maximum absolute atomic E-state index is 5.79. The van der Waals surface area contributed by atoms with Gasteiger partial charge in [0.2, 0.25) is 0 Å². The SMILES string of the molecule is C=C(C)C(CC)Nc1ccc(OC(C)(C)C)cc1. The molecule has 1 rings (SSSR count). The summed E-state index contributed by atoms with van der Waals surface area (Å²) in [6.45, 7) is 14.4. The maximum Gasteiger partial charge on any atom is 0.120 e. The second-order valence-corrected chi connectivity index (χ2v) is 5.69. The fraction of sp³-hybridized carbons (Fsp3) is 0.500. The van der Waals surface area contributed by atoms with Crippen molar-refractivity contribution in [1.29, 1.82) is 0 Å². The molecule has 0 saturated carbocycles. The van der Waals surface area contributed by atoms with E-state index >= 15 is 0 Å². The van der Waals surface area contributed by atoms with Crippen LogP contribution < -0.4 is 10.1 Å². The van der Waals surface area contributed by atoms with Gasteiger partial charge in [0.25, 0.3) is 0 Å². The summed E-state index contributed by atoms with van der Waals surface area (Å²) in [6.07, 6.45) is 1.04. The first-order valence-electron chi connectivity index (χ1n) is 6.53. The molecule has 1 atom stereocenters. The van der Waals surface area contributed by atoms with Gasteiger partial charge in [0, 0.05) is 11.7 Å². The van der Waals surface area contributed by atoms with Gasteiger partial charge < -0.3 is 10.1 Å². The predicted molar refractivity (Wildman–Crippen MR) is 79.3 cm³/mol. The Bertz CT molecular complexity index is 387. The molecule has 0 radical (unpaired) electrons. The maximum atomic E-state index is 5.79. The topological polar surface area (TPSA) is 21.3 Å². The van der Waals surface area contributed by atoms with Gasteiger partial charge in [-0.3, -0.25) is 0 Å². The quantitative estimate of drug-likeness (QED) is 0.766. The van der Waals surface area contributed by atoms with E-state index in [1.165, 1.54) is 0 Å². The number of anilines is 1. The minimum absolute atomic E-state index is 0.154. The number of rotatable bonds is 5. The molecular weight excluding hydrogens is 222 g/mol. The van der Waals surface area contributed by atoms with Gasteiger partial charge in [-0.25, -0.2) is 0 Å². The molecule has 0 aliphatic rings. The average molecular weight is 247 g/mol. The second kappa shape index (κ2) is 5.94. The molecule has 2 heteroatoms. The van der Waals surface area contributed by atoms with Gasteiger partial charge >= 0.3 is 0 Å². The third-order valence-electron chi connectivity index (χ3n) is 2.62. The third kappa shape index (κ3) is 4.82. The lowest BCUT2D eigenvalue weighted by Crippen LogP contribution is -2.23. The lowest BCUT2D eigenvalue weighted by atomic mass is 10.1. The largest absolute Gasteiger partial charge is 0.488 e. The molecule has 0 aliphatic heterocycles. The minimum atomic E-state index is -0.154. The summed E-state index contributed by atoms with van der Waals surface area (Å²) >= 11 is 0. The van der Waals surface area contributed by atoms with Gasteiger partial charge in [-0.05, 0) is 58.4 Å². The molecule has 2 nitrogen and oxygen atoms in total. The van der Waals surface area contributed by atoms with Crippen LogP contribution in [0.5, 0.6) is 5.75 Å². The van der Waals surface area contributed by atoms with E-state index in [0.29, 0.717) is 6.04 Å². The van der Waals surface area contributed by atoms with Crippen molar-refractivity contribution in [2.45, 2.75) is 52.7 Å². The fourth-order valence-electron chi connectivity index (χ4n) is 1.75. The lowest BCUT2D eigenvalue weighted by Gasteiger charge is -2.22.